The van der Waals surface area contributed by atoms with Crippen LogP contribution in [0.5, 0.6) is 0 Å². The molecule has 0 aliphatic carbocycles. The van der Waals surface area contributed by atoms with Gasteiger partial charge in [0, 0.05) is 23.2 Å². The van der Waals surface area contributed by atoms with Gasteiger partial charge in [0.05, 0.1) is 30.4 Å². The number of ether oxygens (including phenoxy) is 2. The molecule has 162 valence electrons. The first kappa shape index (κ1) is 19.6. The molecule has 0 bridgehead atoms. The van der Waals surface area contributed by atoms with Crippen LogP contribution in [0.4, 0.5) is 4.39 Å². The fourth-order valence-corrected chi connectivity index (χ4v) is 4.87. The van der Waals surface area contributed by atoms with Crippen molar-refractivity contribution in [3.63, 3.8) is 0 Å². The van der Waals surface area contributed by atoms with Crippen molar-refractivity contribution in [2.24, 2.45) is 5.92 Å². The second-order valence-electron chi connectivity index (χ2n) is 8.62. The number of nitrogens with zero attached hydrogens (tertiary/aromatic N) is 1. The Morgan fingerprint density at radius 3 is 2.44 bits per heavy atom. The Labute approximate surface area is 184 Å². The first-order valence-corrected chi connectivity index (χ1v) is 10.9. The topological polar surface area (TPSA) is 67.4 Å². The summed E-state index contributed by atoms with van der Waals surface area (Å²) < 4.78 is 26.4. The molecule has 6 rings (SSSR count). The van der Waals surface area contributed by atoms with Gasteiger partial charge in [-0.1, -0.05) is 54.6 Å². The summed E-state index contributed by atoms with van der Waals surface area (Å²) in [6.45, 7) is 0.861. The number of fused-ring (bicyclic) bond motifs is 2. The van der Waals surface area contributed by atoms with Gasteiger partial charge in [-0.3, -0.25) is 0 Å². The molecule has 2 aliphatic heterocycles. The number of rotatable bonds is 4. The standard InChI is InChI=1S/C26H23FN2O3/c27-20-12-22-21(11-19(28-22)10-18-13-31-26-23(30)14-32-25(18)26)29-24(20)17-8-6-16(7-9-17)15-4-2-1-3-5-15/h1-9,11-12,18,23,25-26,28,30H,10,13-14H2/t18-,23+,25+,26+/m0/s1. The molecule has 0 amide bonds. The predicted molar refractivity (Wildman–Crippen MR) is 120 cm³/mol. The van der Waals surface area contributed by atoms with Crippen LogP contribution in [0.1, 0.15) is 5.69 Å². The summed E-state index contributed by atoms with van der Waals surface area (Å²) >= 11 is 0. The summed E-state index contributed by atoms with van der Waals surface area (Å²) in [4.78, 5) is 7.90. The molecular formula is C26H23FN2O3. The third kappa shape index (κ3) is 3.41. The molecule has 0 saturated carbocycles. The zero-order valence-electron chi connectivity index (χ0n) is 17.4. The number of hydrogen-bond donors (Lipinski definition) is 2. The van der Waals surface area contributed by atoms with Crippen LogP contribution in [0.3, 0.4) is 0 Å². The SMILES string of the molecule is O[C@@H]1CO[C@@H]2[C@@H](Cc3cc4nc(-c5ccc(-c6ccccc6)cc5)c(F)cc4[nH]3)CO[C@@H]21. The van der Waals surface area contributed by atoms with Crippen LogP contribution < -0.4 is 0 Å². The number of pyridine rings is 1. The molecule has 0 unspecified atom stereocenters. The van der Waals surface area contributed by atoms with Gasteiger partial charge in [0.15, 0.2) is 5.82 Å². The van der Waals surface area contributed by atoms with Crippen LogP contribution in [0.2, 0.25) is 0 Å². The molecule has 2 fully saturated rings. The van der Waals surface area contributed by atoms with E-state index in [1.165, 1.54) is 6.07 Å². The Morgan fingerprint density at radius 2 is 1.62 bits per heavy atom. The van der Waals surface area contributed by atoms with Gasteiger partial charge < -0.3 is 19.6 Å². The summed E-state index contributed by atoms with van der Waals surface area (Å²) in [5, 5.41) is 9.94. The molecule has 4 atom stereocenters. The minimum Gasteiger partial charge on any atom is -0.388 e. The lowest BCUT2D eigenvalue weighted by Gasteiger charge is -2.14. The smallest absolute Gasteiger partial charge is 0.151 e. The van der Waals surface area contributed by atoms with Crippen LogP contribution in [0, 0.1) is 11.7 Å². The summed E-state index contributed by atoms with van der Waals surface area (Å²) in [7, 11) is 0. The van der Waals surface area contributed by atoms with Crippen molar-refractivity contribution < 1.29 is 19.0 Å². The molecule has 2 aliphatic rings. The first-order chi connectivity index (χ1) is 15.7. The normalized spacial score (nSPS) is 24.8. The summed E-state index contributed by atoms with van der Waals surface area (Å²) in [6.07, 6.45) is -0.197. The van der Waals surface area contributed by atoms with Crippen molar-refractivity contribution in [3.05, 3.63) is 78.2 Å². The van der Waals surface area contributed by atoms with Crippen molar-refractivity contribution in [2.45, 2.75) is 24.7 Å². The van der Waals surface area contributed by atoms with E-state index in [4.69, 9.17) is 9.47 Å². The van der Waals surface area contributed by atoms with Gasteiger partial charge >= 0.3 is 0 Å². The largest absolute Gasteiger partial charge is 0.388 e. The number of aromatic amines is 1. The molecule has 4 heterocycles. The van der Waals surface area contributed by atoms with Crippen LogP contribution in [0.25, 0.3) is 33.4 Å². The molecule has 2 N–H and O–H groups in total. The second-order valence-corrected chi connectivity index (χ2v) is 8.62. The molecule has 6 heteroatoms. The Hall–Kier alpha value is -3.06. The van der Waals surface area contributed by atoms with Crippen LogP contribution in [0.15, 0.2) is 66.7 Å². The van der Waals surface area contributed by atoms with E-state index in [9.17, 15) is 9.50 Å². The van der Waals surface area contributed by atoms with Gasteiger partial charge in [-0.25, -0.2) is 9.37 Å². The summed E-state index contributed by atoms with van der Waals surface area (Å²) in [5.41, 5.74) is 5.65. The van der Waals surface area contributed by atoms with E-state index in [1.54, 1.807) is 0 Å². The number of halogens is 1. The quantitative estimate of drug-likeness (QED) is 0.505. The number of hydrogen-bond acceptors (Lipinski definition) is 4. The average molecular weight is 430 g/mol. The molecule has 0 radical (unpaired) electrons. The van der Waals surface area contributed by atoms with E-state index >= 15 is 0 Å². The van der Waals surface area contributed by atoms with E-state index in [0.717, 1.165) is 27.9 Å². The van der Waals surface area contributed by atoms with E-state index in [-0.39, 0.29) is 23.9 Å². The Balaban J connectivity index is 1.26. The maximum Gasteiger partial charge on any atom is 0.151 e. The van der Waals surface area contributed by atoms with Crippen molar-refractivity contribution >= 4 is 11.0 Å². The van der Waals surface area contributed by atoms with Crippen molar-refractivity contribution in [2.75, 3.05) is 13.2 Å². The molecule has 32 heavy (non-hydrogen) atoms. The van der Waals surface area contributed by atoms with Gasteiger partial charge in [-0.15, -0.1) is 0 Å². The zero-order chi connectivity index (χ0) is 21.7. The van der Waals surface area contributed by atoms with Crippen molar-refractivity contribution in [3.8, 4) is 22.4 Å². The maximum atomic E-state index is 14.9. The highest BCUT2D eigenvalue weighted by molar-refractivity contribution is 5.80. The monoisotopic (exact) mass is 430 g/mol. The fraction of sp³-hybridized carbons (Fsp3) is 0.269. The molecule has 5 nitrogen and oxygen atoms in total. The summed E-state index contributed by atoms with van der Waals surface area (Å²) in [5.74, 6) is -0.204. The van der Waals surface area contributed by atoms with Gasteiger partial charge in [-0.05, 0) is 23.6 Å². The van der Waals surface area contributed by atoms with Crippen molar-refractivity contribution in [1.29, 1.82) is 0 Å². The van der Waals surface area contributed by atoms with Gasteiger partial charge in [0.2, 0.25) is 0 Å². The van der Waals surface area contributed by atoms with E-state index in [1.807, 2.05) is 48.5 Å². The molecule has 0 spiro atoms. The number of aromatic nitrogens is 2. The van der Waals surface area contributed by atoms with Crippen LogP contribution in [-0.2, 0) is 15.9 Å². The molecule has 2 saturated heterocycles. The summed E-state index contributed by atoms with van der Waals surface area (Å²) in [6, 6.07) is 21.4. The van der Waals surface area contributed by atoms with Crippen LogP contribution in [-0.4, -0.2) is 46.6 Å². The number of benzene rings is 2. The third-order valence-electron chi connectivity index (χ3n) is 6.49. The second kappa shape index (κ2) is 7.81. The van der Waals surface area contributed by atoms with Gasteiger partial charge in [0.1, 0.15) is 17.9 Å². The zero-order valence-corrected chi connectivity index (χ0v) is 17.4. The molecule has 2 aromatic carbocycles. The Morgan fingerprint density at radius 1 is 0.906 bits per heavy atom. The lowest BCUT2D eigenvalue weighted by Crippen LogP contribution is -2.29. The lowest BCUT2D eigenvalue weighted by molar-refractivity contribution is 0.0169. The Bertz CT molecular complexity index is 1260. The maximum absolute atomic E-state index is 14.9. The number of nitrogens with one attached hydrogen (secondary N) is 1. The molecule has 4 aromatic rings. The minimum atomic E-state index is -0.556. The van der Waals surface area contributed by atoms with Gasteiger partial charge in [-0.2, -0.15) is 0 Å². The highest BCUT2D eigenvalue weighted by Crippen LogP contribution is 2.34. The molecule has 2 aromatic heterocycles. The van der Waals surface area contributed by atoms with E-state index in [0.29, 0.717) is 30.8 Å². The predicted octanol–water partition coefficient (Wildman–Crippen LogP) is 4.35. The van der Waals surface area contributed by atoms with E-state index in [2.05, 4.69) is 22.1 Å². The molecular weight excluding hydrogens is 407 g/mol. The minimum absolute atomic E-state index is 0.0974. The first-order valence-electron chi connectivity index (χ1n) is 10.9. The van der Waals surface area contributed by atoms with Gasteiger partial charge in [0.25, 0.3) is 0 Å². The number of H-pyrrole nitrogens is 1. The fourth-order valence-electron chi connectivity index (χ4n) is 4.87. The highest BCUT2D eigenvalue weighted by Gasteiger charge is 2.46. The Kier molecular flexibility index (Phi) is 4.79. The van der Waals surface area contributed by atoms with E-state index < -0.39 is 6.10 Å². The third-order valence-corrected chi connectivity index (χ3v) is 6.49. The highest BCUT2D eigenvalue weighted by atomic mass is 19.1. The van der Waals surface area contributed by atoms with Crippen LogP contribution >= 0.6 is 0 Å². The van der Waals surface area contributed by atoms with Crippen molar-refractivity contribution in [1.82, 2.24) is 9.97 Å². The number of aliphatic hydroxyl groups is 1. The average Bonchev–Trinajstić information content (AvgIpc) is 3.51. The lowest BCUT2D eigenvalue weighted by atomic mass is 9.96. The number of aliphatic hydroxyl groups excluding tert-OH is 1.